The molecule has 0 radical (unpaired) electrons. The standard InChI is InChI=1S/C15H24F3N5O4/c1-14(2,3)27-13(24)21-10-5-9(15(16,17)18)7-22(8-10)12(20-4)11(6-19)23(25)26/h6,9-10H,5,7-8,19H2,1-4H3,(H,21,24)/t9-,10?/m1/s1. The van der Waals surface area contributed by atoms with Crippen LogP contribution in [-0.4, -0.2) is 59.7 Å². The summed E-state index contributed by atoms with van der Waals surface area (Å²) in [6.07, 6.45) is -5.12. The van der Waals surface area contributed by atoms with Crippen LogP contribution in [0.4, 0.5) is 18.0 Å². The van der Waals surface area contributed by atoms with E-state index in [-0.39, 0.29) is 18.8 Å². The van der Waals surface area contributed by atoms with Crippen molar-refractivity contribution in [1.82, 2.24) is 10.2 Å². The van der Waals surface area contributed by atoms with Crippen LogP contribution in [-0.2, 0) is 4.74 Å². The number of alkyl halides is 3. The third-order valence-electron chi connectivity index (χ3n) is 3.73. The van der Waals surface area contributed by atoms with Gasteiger partial charge in [-0.2, -0.15) is 13.2 Å². The fourth-order valence-corrected chi connectivity index (χ4v) is 2.72. The molecule has 1 amide bonds. The Hall–Kier alpha value is -2.53. The van der Waals surface area contributed by atoms with E-state index in [1.165, 1.54) is 7.05 Å². The maximum absolute atomic E-state index is 13.3. The first-order chi connectivity index (χ1) is 12.3. The van der Waals surface area contributed by atoms with Crippen LogP contribution in [0.2, 0.25) is 0 Å². The number of hydrogen-bond donors (Lipinski definition) is 2. The summed E-state index contributed by atoms with van der Waals surface area (Å²) in [6.45, 7) is 4.22. The topological polar surface area (TPSA) is 123 Å². The smallest absolute Gasteiger partial charge is 0.407 e. The zero-order valence-corrected chi connectivity index (χ0v) is 15.5. The number of carbonyl (C=O) groups excluding carboxylic acids is 1. The minimum absolute atomic E-state index is 0.107. The molecular weight excluding hydrogens is 371 g/mol. The summed E-state index contributed by atoms with van der Waals surface area (Å²) >= 11 is 0. The van der Waals surface area contributed by atoms with Gasteiger partial charge in [0.1, 0.15) is 5.60 Å². The minimum atomic E-state index is -4.55. The van der Waals surface area contributed by atoms with Crippen molar-refractivity contribution in [3.63, 3.8) is 0 Å². The van der Waals surface area contributed by atoms with Gasteiger partial charge in [0.25, 0.3) is 0 Å². The molecule has 0 aromatic rings. The molecule has 1 unspecified atom stereocenters. The van der Waals surface area contributed by atoms with Gasteiger partial charge in [-0.3, -0.25) is 15.1 Å². The van der Waals surface area contributed by atoms with Gasteiger partial charge < -0.3 is 20.7 Å². The van der Waals surface area contributed by atoms with Crippen molar-refractivity contribution in [1.29, 1.82) is 0 Å². The normalized spacial score (nSPS) is 22.4. The van der Waals surface area contributed by atoms with Crippen molar-refractivity contribution >= 4 is 11.9 Å². The molecule has 0 spiro atoms. The second-order valence-corrected chi connectivity index (χ2v) is 7.08. The Labute approximate surface area is 154 Å². The van der Waals surface area contributed by atoms with Crippen LogP contribution in [0.3, 0.4) is 0 Å². The molecule has 9 nitrogen and oxygen atoms in total. The number of nitrogens with one attached hydrogen (secondary N) is 1. The molecule has 0 aromatic carbocycles. The van der Waals surface area contributed by atoms with E-state index in [4.69, 9.17) is 10.5 Å². The van der Waals surface area contributed by atoms with E-state index in [1.54, 1.807) is 20.8 Å². The number of amides is 1. The monoisotopic (exact) mass is 395 g/mol. The highest BCUT2D eigenvalue weighted by atomic mass is 19.4. The molecule has 0 aliphatic carbocycles. The molecule has 1 fully saturated rings. The van der Waals surface area contributed by atoms with Crippen LogP contribution in [0.25, 0.3) is 0 Å². The van der Waals surface area contributed by atoms with E-state index in [0.29, 0.717) is 6.20 Å². The first kappa shape index (κ1) is 22.5. The lowest BCUT2D eigenvalue weighted by Crippen LogP contribution is -2.56. The highest BCUT2D eigenvalue weighted by Crippen LogP contribution is 2.34. The van der Waals surface area contributed by atoms with E-state index in [2.05, 4.69) is 10.3 Å². The van der Waals surface area contributed by atoms with Gasteiger partial charge in [-0.25, -0.2) is 4.79 Å². The predicted molar refractivity (Wildman–Crippen MR) is 91.5 cm³/mol. The number of halogens is 3. The van der Waals surface area contributed by atoms with Gasteiger partial charge in [0.15, 0.2) is 0 Å². The summed E-state index contributed by atoms with van der Waals surface area (Å²) in [5, 5.41) is 13.5. The molecule has 0 aromatic heterocycles. The highest BCUT2D eigenvalue weighted by molar-refractivity contribution is 5.96. The fraction of sp³-hybridized carbons (Fsp3) is 0.733. The number of aliphatic imine (C=N–C) groups is 1. The molecule has 12 heteroatoms. The van der Waals surface area contributed by atoms with Gasteiger partial charge in [0.05, 0.1) is 23.1 Å². The van der Waals surface area contributed by atoms with Gasteiger partial charge in [0, 0.05) is 20.1 Å². The first-order valence-corrected chi connectivity index (χ1v) is 8.13. The third kappa shape index (κ3) is 6.61. The minimum Gasteiger partial charge on any atom is -0.444 e. The third-order valence-corrected chi connectivity index (χ3v) is 3.73. The van der Waals surface area contributed by atoms with Gasteiger partial charge >= 0.3 is 18.0 Å². The summed E-state index contributed by atoms with van der Waals surface area (Å²) in [5.41, 5.74) is 3.80. The van der Waals surface area contributed by atoms with Crippen LogP contribution in [0.5, 0.6) is 0 Å². The van der Waals surface area contributed by atoms with Crippen LogP contribution in [0, 0.1) is 16.0 Å². The second-order valence-electron chi connectivity index (χ2n) is 7.08. The number of nitrogens with two attached hydrogens (primary N) is 1. The van der Waals surface area contributed by atoms with Crippen molar-refractivity contribution in [3.05, 3.63) is 22.0 Å². The number of likely N-dealkylation sites (tertiary alicyclic amines) is 1. The molecule has 1 rings (SSSR count). The van der Waals surface area contributed by atoms with Gasteiger partial charge in [-0.15, -0.1) is 0 Å². The van der Waals surface area contributed by atoms with Crippen molar-refractivity contribution < 1.29 is 27.6 Å². The maximum Gasteiger partial charge on any atom is 0.407 e. The van der Waals surface area contributed by atoms with Crippen molar-refractivity contribution in [3.8, 4) is 0 Å². The summed E-state index contributed by atoms with van der Waals surface area (Å²) in [4.78, 5) is 27.0. The number of alkyl carbamates (subject to hydrolysis) is 1. The lowest BCUT2D eigenvalue weighted by Gasteiger charge is -2.39. The molecule has 0 bridgehead atoms. The number of hydrogen-bond acceptors (Lipinski definition) is 6. The van der Waals surface area contributed by atoms with Crippen LogP contribution < -0.4 is 11.1 Å². The van der Waals surface area contributed by atoms with E-state index in [1.807, 2.05) is 0 Å². The SMILES string of the molecule is CN=C(C(=CN)[N+](=O)[O-])N1CC(NC(=O)OC(C)(C)C)C[C@@H](C(F)(F)F)C1. The molecule has 1 saturated heterocycles. The van der Waals surface area contributed by atoms with E-state index in [9.17, 15) is 28.1 Å². The Kier molecular flexibility index (Phi) is 7.04. The van der Waals surface area contributed by atoms with E-state index in [0.717, 1.165) is 4.90 Å². The largest absolute Gasteiger partial charge is 0.444 e. The predicted octanol–water partition coefficient (Wildman–Crippen LogP) is 1.87. The quantitative estimate of drug-likeness (QED) is 0.325. The van der Waals surface area contributed by atoms with Crippen LogP contribution in [0.15, 0.2) is 16.9 Å². The van der Waals surface area contributed by atoms with Gasteiger partial charge in [0.2, 0.25) is 5.84 Å². The van der Waals surface area contributed by atoms with Gasteiger partial charge in [-0.1, -0.05) is 0 Å². The van der Waals surface area contributed by atoms with Gasteiger partial charge in [-0.05, 0) is 27.2 Å². The van der Waals surface area contributed by atoms with Crippen molar-refractivity contribution in [2.75, 3.05) is 20.1 Å². The lowest BCUT2D eigenvalue weighted by atomic mass is 9.93. The number of ether oxygens (including phenoxy) is 1. The average Bonchev–Trinajstić information content (AvgIpc) is 2.48. The van der Waals surface area contributed by atoms with E-state index >= 15 is 0 Å². The average molecular weight is 395 g/mol. The molecular formula is C15H24F3N5O4. The lowest BCUT2D eigenvalue weighted by molar-refractivity contribution is -0.416. The highest BCUT2D eigenvalue weighted by Gasteiger charge is 2.46. The van der Waals surface area contributed by atoms with Crippen LogP contribution >= 0.6 is 0 Å². The molecule has 1 aliphatic heterocycles. The Morgan fingerprint density at radius 1 is 1.37 bits per heavy atom. The van der Waals surface area contributed by atoms with Crippen molar-refractivity contribution in [2.45, 2.75) is 45.0 Å². The molecule has 0 saturated carbocycles. The summed E-state index contributed by atoms with van der Waals surface area (Å²) < 4.78 is 45.0. The Morgan fingerprint density at radius 2 is 1.96 bits per heavy atom. The summed E-state index contributed by atoms with van der Waals surface area (Å²) in [5.74, 6) is -2.10. The Balaban J connectivity index is 3.08. The van der Waals surface area contributed by atoms with Crippen molar-refractivity contribution in [2.24, 2.45) is 16.6 Å². The number of carbonyl (C=O) groups is 1. The summed E-state index contributed by atoms with van der Waals surface area (Å²) in [6, 6.07) is -0.942. The Morgan fingerprint density at radius 3 is 2.37 bits per heavy atom. The zero-order chi connectivity index (χ0) is 21.0. The maximum atomic E-state index is 13.3. The van der Waals surface area contributed by atoms with Crippen LogP contribution in [0.1, 0.15) is 27.2 Å². The number of nitro groups is 1. The molecule has 1 heterocycles. The molecule has 3 N–H and O–H groups in total. The number of rotatable bonds is 3. The molecule has 1 aliphatic rings. The zero-order valence-electron chi connectivity index (χ0n) is 15.5. The summed E-state index contributed by atoms with van der Waals surface area (Å²) in [7, 11) is 1.22. The molecule has 154 valence electrons. The number of amidine groups is 1. The number of piperidine rings is 1. The van der Waals surface area contributed by atoms with E-state index < -0.39 is 47.0 Å². The molecule has 27 heavy (non-hydrogen) atoms. The first-order valence-electron chi connectivity index (χ1n) is 8.13. The second kappa shape index (κ2) is 8.44. The Bertz CT molecular complexity index is 628. The number of nitrogens with zero attached hydrogens (tertiary/aromatic N) is 3. The fourth-order valence-electron chi connectivity index (χ4n) is 2.72. The molecule has 2 atom stereocenters.